The van der Waals surface area contributed by atoms with Gasteiger partial charge in [0.2, 0.25) is 0 Å². The third-order valence-electron chi connectivity index (χ3n) is 6.99. The Hall–Kier alpha value is -4.62. The summed E-state index contributed by atoms with van der Waals surface area (Å²) >= 11 is 5.75. The summed E-state index contributed by atoms with van der Waals surface area (Å²) in [7, 11) is 0. The highest BCUT2D eigenvalue weighted by Gasteiger charge is 2.32. The normalized spacial score (nSPS) is 15.4. The highest BCUT2D eigenvalue weighted by atomic mass is 35.5. The maximum absolute atomic E-state index is 13.2. The minimum atomic E-state index is -4.68. The van der Waals surface area contributed by atoms with Crippen molar-refractivity contribution in [3.63, 3.8) is 0 Å². The average Bonchev–Trinajstić information content (AvgIpc) is 3.43. The summed E-state index contributed by atoms with van der Waals surface area (Å²) in [6, 6.07) is 9.98. The van der Waals surface area contributed by atoms with Crippen molar-refractivity contribution in [1.29, 1.82) is 0 Å². The Bertz CT molecular complexity index is 1820. The van der Waals surface area contributed by atoms with Crippen LogP contribution in [0.4, 0.5) is 30.4 Å². The number of rotatable bonds is 6. The number of hydrogen-bond donors (Lipinski definition) is 2. The molecule has 1 aromatic carbocycles. The Balaban J connectivity index is 1.29. The number of aryl methyl sites for hydroxylation is 1. The summed E-state index contributed by atoms with van der Waals surface area (Å²) in [5, 5.41) is 5.45. The Morgan fingerprint density at radius 2 is 1.95 bits per heavy atom. The number of carbonyl (C=O) groups excluding carboxylic acids is 1. The summed E-state index contributed by atoms with van der Waals surface area (Å²) in [5.41, 5.74) is 2.69. The number of nitrogens with one attached hydrogen (secondary N) is 2. The molecule has 1 aliphatic heterocycles. The number of halogens is 4. The lowest BCUT2D eigenvalue weighted by Crippen LogP contribution is -2.17. The first-order chi connectivity index (χ1) is 20.7. The largest absolute Gasteiger partial charge is 0.416 e. The molecule has 1 aliphatic rings. The maximum Gasteiger partial charge on any atom is 0.416 e. The van der Waals surface area contributed by atoms with E-state index in [0.717, 1.165) is 24.8 Å². The van der Waals surface area contributed by atoms with Crippen molar-refractivity contribution < 1.29 is 22.7 Å². The van der Waals surface area contributed by atoms with Crippen molar-refractivity contribution in [2.75, 3.05) is 17.2 Å². The fraction of sp³-hybridized carbons (Fsp3) is 0.241. The molecule has 5 heterocycles. The number of nitrogens with zero attached hydrogens (tertiary/aromatic N) is 6. The van der Waals surface area contributed by atoms with Gasteiger partial charge in [-0.25, -0.2) is 24.9 Å². The van der Waals surface area contributed by atoms with E-state index in [9.17, 15) is 18.0 Å². The van der Waals surface area contributed by atoms with Gasteiger partial charge in [0.1, 0.15) is 40.4 Å². The van der Waals surface area contributed by atoms with Crippen molar-refractivity contribution in [3.8, 4) is 11.3 Å². The first-order valence-corrected chi connectivity index (χ1v) is 13.7. The Morgan fingerprint density at radius 1 is 1.09 bits per heavy atom. The van der Waals surface area contributed by atoms with Crippen LogP contribution in [0.1, 0.15) is 47.1 Å². The molecule has 10 nitrogen and oxygen atoms in total. The summed E-state index contributed by atoms with van der Waals surface area (Å²) < 4.78 is 47.5. The Kier molecular flexibility index (Phi) is 7.67. The lowest BCUT2D eigenvalue weighted by Gasteiger charge is -2.23. The van der Waals surface area contributed by atoms with Crippen LogP contribution in [0.2, 0.25) is 5.15 Å². The molecule has 43 heavy (non-hydrogen) atoms. The predicted octanol–water partition coefficient (Wildman–Crippen LogP) is 6.96. The second-order valence-corrected chi connectivity index (χ2v) is 10.3. The van der Waals surface area contributed by atoms with E-state index in [1.165, 1.54) is 6.33 Å². The van der Waals surface area contributed by atoms with E-state index in [1.807, 2.05) is 17.6 Å². The van der Waals surface area contributed by atoms with Gasteiger partial charge in [-0.05, 0) is 68.1 Å². The second-order valence-electron chi connectivity index (χ2n) is 9.94. The van der Waals surface area contributed by atoms with Gasteiger partial charge < -0.3 is 15.4 Å². The predicted molar refractivity (Wildman–Crippen MR) is 154 cm³/mol. The third kappa shape index (κ3) is 5.99. The van der Waals surface area contributed by atoms with Gasteiger partial charge in [-0.1, -0.05) is 17.7 Å². The van der Waals surface area contributed by atoms with E-state index in [0.29, 0.717) is 58.4 Å². The summed E-state index contributed by atoms with van der Waals surface area (Å²) in [6.07, 6.45) is 2.94. The minimum Gasteiger partial charge on any atom is -0.358 e. The van der Waals surface area contributed by atoms with E-state index in [2.05, 4.69) is 35.6 Å². The van der Waals surface area contributed by atoms with Gasteiger partial charge in [-0.2, -0.15) is 13.2 Å². The van der Waals surface area contributed by atoms with Crippen molar-refractivity contribution in [3.05, 3.63) is 83.3 Å². The van der Waals surface area contributed by atoms with Crippen LogP contribution in [-0.2, 0) is 10.9 Å². The molecule has 2 N–H and O–H groups in total. The molecule has 1 atom stereocenters. The molecule has 1 saturated heterocycles. The van der Waals surface area contributed by atoms with Crippen molar-refractivity contribution in [2.24, 2.45) is 0 Å². The molecule has 14 heteroatoms. The SMILES string of the molecule is Cc1ccc(NC(=O)c2cc(C(F)(F)F)cc(Cl)n2)cc1Nc1ncccc1-c1ncnc2c1ncn2C1CCCCO1. The van der Waals surface area contributed by atoms with Gasteiger partial charge in [0, 0.05) is 29.7 Å². The lowest BCUT2D eigenvalue weighted by molar-refractivity contribution is -0.137. The van der Waals surface area contributed by atoms with E-state index in [4.69, 9.17) is 16.3 Å². The molecule has 220 valence electrons. The summed E-state index contributed by atoms with van der Waals surface area (Å²) in [4.78, 5) is 34.7. The third-order valence-corrected chi connectivity index (χ3v) is 7.18. The van der Waals surface area contributed by atoms with Gasteiger partial charge >= 0.3 is 6.18 Å². The van der Waals surface area contributed by atoms with Crippen molar-refractivity contribution in [1.82, 2.24) is 29.5 Å². The van der Waals surface area contributed by atoms with Crippen LogP contribution in [0.15, 0.2) is 61.3 Å². The Labute approximate surface area is 248 Å². The monoisotopic (exact) mass is 608 g/mol. The molecule has 1 unspecified atom stereocenters. The first-order valence-electron chi connectivity index (χ1n) is 13.4. The average molecular weight is 609 g/mol. The molecule has 0 radical (unpaired) electrons. The topological polar surface area (TPSA) is 120 Å². The fourth-order valence-electron chi connectivity index (χ4n) is 4.83. The van der Waals surface area contributed by atoms with Crippen LogP contribution in [0.25, 0.3) is 22.4 Å². The number of anilines is 3. The van der Waals surface area contributed by atoms with Crippen molar-refractivity contribution in [2.45, 2.75) is 38.6 Å². The number of carbonyl (C=O) groups is 1. The number of aromatic nitrogens is 6. The molecule has 5 aromatic rings. The number of fused-ring (bicyclic) bond motifs is 1. The lowest BCUT2D eigenvalue weighted by atomic mass is 10.1. The van der Waals surface area contributed by atoms with Crippen molar-refractivity contribution >= 4 is 45.9 Å². The van der Waals surface area contributed by atoms with E-state index >= 15 is 0 Å². The number of ether oxygens (including phenoxy) is 1. The molecule has 4 aromatic heterocycles. The summed E-state index contributed by atoms with van der Waals surface area (Å²) in [6.45, 7) is 2.54. The van der Waals surface area contributed by atoms with Gasteiger partial charge in [0.05, 0.1) is 11.9 Å². The molecule has 1 fully saturated rings. The smallest absolute Gasteiger partial charge is 0.358 e. The van der Waals surface area contributed by atoms with Gasteiger partial charge in [0.25, 0.3) is 5.91 Å². The van der Waals surface area contributed by atoms with E-state index in [1.54, 1.807) is 36.8 Å². The molecular weight excluding hydrogens is 585 g/mol. The van der Waals surface area contributed by atoms with Gasteiger partial charge in [-0.3, -0.25) is 9.36 Å². The highest BCUT2D eigenvalue weighted by molar-refractivity contribution is 6.29. The summed E-state index contributed by atoms with van der Waals surface area (Å²) in [5.74, 6) is -0.369. The van der Waals surface area contributed by atoms with Crippen LogP contribution >= 0.6 is 11.6 Å². The molecule has 0 spiro atoms. The molecule has 1 amide bonds. The van der Waals surface area contributed by atoms with Crippen LogP contribution in [-0.4, -0.2) is 42.0 Å². The van der Waals surface area contributed by atoms with Gasteiger partial charge in [0.15, 0.2) is 5.65 Å². The number of alkyl halides is 3. The zero-order valence-corrected chi connectivity index (χ0v) is 23.4. The number of pyridine rings is 2. The second kappa shape index (κ2) is 11.6. The highest BCUT2D eigenvalue weighted by Crippen LogP contribution is 2.35. The molecule has 6 rings (SSSR count). The van der Waals surface area contributed by atoms with E-state index < -0.39 is 28.5 Å². The molecular formula is C29H24ClF3N8O2. The zero-order chi connectivity index (χ0) is 30.1. The fourth-order valence-corrected chi connectivity index (χ4v) is 5.04. The standard InChI is InChI=1S/C29H24ClF3N8O2/c1-16-7-8-18(38-28(42)21-11-17(29(31,32)33)12-22(30)39-21)13-20(16)40-26-19(5-4-9-34-26)24-25-27(36-14-35-24)41(15-37-25)23-6-2-3-10-43-23/h4-5,7-9,11-15,23H,2-3,6,10H2,1H3,(H,34,40)(H,38,42). The zero-order valence-electron chi connectivity index (χ0n) is 22.7. The maximum atomic E-state index is 13.2. The van der Waals surface area contributed by atoms with Crippen LogP contribution in [0, 0.1) is 6.92 Å². The number of imidazole rings is 1. The minimum absolute atomic E-state index is 0.143. The number of amides is 1. The first kappa shape index (κ1) is 28.5. The van der Waals surface area contributed by atoms with Crippen LogP contribution < -0.4 is 10.6 Å². The van der Waals surface area contributed by atoms with Crippen LogP contribution in [0.5, 0.6) is 0 Å². The Morgan fingerprint density at radius 3 is 2.74 bits per heavy atom. The van der Waals surface area contributed by atoms with E-state index in [-0.39, 0.29) is 6.23 Å². The number of benzene rings is 1. The van der Waals surface area contributed by atoms with Gasteiger partial charge in [-0.15, -0.1) is 0 Å². The molecule has 0 bridgehead atoms. The van der Waals surface area contributed by atoms with Crippen LogP contribution in [0.3, 0.4) is 0 Å². The molecule has 0 aliphatic carbocycles. The molecule has 0 saturated carbocycles. The quantitative estimate of drug-likeness (QED) is 0.199. The number of hydrogen-bond acceptors (Lipinski definition) is 8.